The third-order valence-corrected chi connectivity index (χ3v) is 5.39. The quantitative estimate of drug-likeness (QED) is 0.738. The van der Waals surface area contributed by atoms with Gasteiger partial charge >= 0.3 is 112 Å². The van der Waals surface area contributed by atoms with Crippen molar-refractivity contribution in [2.24, 2.45) is 0 Å². The maximum absolute atomic E-state index is 3.46. The maximum atomic E-state index is 3.46. The Hall–Kier alpha value is -0.561. The van der Waals surface area contributed by atoms with E-state index in [0.29, 0.717) is 15.0 Å². The van der Waals surface area contributed by atoms with E-state index in [9.17, 15) is 0 Å². The summed E-state index contributed by atoms with van der Waals surface area (Å²) in [7, 11) is 0. The van der Waals surface area contributed by atoms with Crippen molar-refractivity contribution in [3.63, 3.8) is 0 Å². The summed E-state index contributed by atoms with van der Waals surface area (Å²) in [5, 5.41) is 0. The summed E-state index contributed by atoms with van der Waals surface area (Å²) in [4.78, 5) is 0. The fourth-order valence-electron chi connectivity index (χ4n) is 1.54. The number of rotatable bonds is 2. The molecule has 0 fully saturated rings. The molecule has 0 aliphatic carbocycles. The molecule has 0 bridgehead atoms. The van der Waals surface area contributed by atoms with Gasteiger partial charge in [0.1, 0.15) is 0 Å². The van der Waals surface area contributed by atoms with Gasteiger partial charge in [0, 0.05) is 0 Å². The van der Waals surface area contributed by atoms with E-state index >= 15 is 0 Å². The second kappa shape index (κ2) is 5.18. The minimum absolute atomic E-state index is 0.415. The minimum atomic E-state index is 0.415. The summed E-state index contributed by atoms with van der Waals surface area (Å²) in [6.07, 6.45) is 0. The molecule has 0 heterocycles. The van der Waals surface area contributed by atoms with Crippen molar-refractivity contribution in [1.29, 1.82) is 0 Å². The monoisotopic (exact) mass is 340 g/mol. The molecule has 0 saturated carbocycles. The predicted octanol–water partition coefficient (Wildman–Crippen LogP) is 2.72. The standard InChI is InChI=1S/C14H13BrSe/c1-10-3-8-14(11(2)9-10)16-13-6-4-12(15)5-7-13/h3-9H,1-2H3. The van der Waals surface area contributed by atoms with Crippen LogP contribution < -0.4 is 8.92 Å². The molecule has 0 aromatic heterocycles. The fourth-order valence-corrected chi connectivity index (χ4v) is 3.66. The van der Waals surface area contributed by atoms with E-state index < -0.39 is 0 Å². The molecule has 82 valence electrons. The second-order valence-electron chi connectivity index (χ2n) is 3.82. The SMILES string of the molecule is Cc1ccc([Se]c2ccc(Br)cc2)c(C)c1. The number of benzene rings is 2. The Bertz CT molecular complexity index is 489. The Morgan fingerprint density at radius 2 is 1.62 bits per heavy atom. The van der Waals surface area contributed by atoms with Gasteiger partial charge in [-0.3, -0.25) is 0 Å². The average molecular weight is 340 g/mol. The molecular formula is C14H13BrSe. The predicted molar refractivity (Wildman–Crippen MR) is 75.1 cm³/mol. The normalized spacial score (nSPS) is 10.4. The van der Waals surface area contributed by atoms with Gasteiger partial charge in [0.2, 0.25) is 0 Å². The van der Waals surface area contributed by atoms with E-state index in [-0.39, 0.29) is 0 Å². The molecule has 0 aliphatic heterocycles. The molecule has 16 heavy (non-hydrogen) atoms. The first-order valence-electron chi connectivity index (χ1n) is 5.16. The van der Waals surface area contributed by atoms with E-state index in [4.69, 9.17) is 0 Å². The summed E-state index contributed by atoms with van der Waals surface area (Å²) in [5.41, 5.74) is 2.75. The van der Waals surface area contributed by atoms with E-state index in [1.807, 2.05) is 0 Å². The van der Waals surface area contributed by atoms with Crippen LogP contribution in [0.1, 0.15) is 11.1 Å². The second-order valence-corrected chi connectivity index (χ2v) is 7.08. The third-order valence-electron chi connectivity index (χ3n) is 2.37. The van der Waals surface area contributed by atoms with Crippen molar-refractivity contribution in [1.82, 2.24) is 0 Å². The molecule has 2 rings (SSSR count). The van der Waals surface area contributed by atoms with Crippen LogP contribution >= 0.6 is 15.9 Å². The van der Waals surface area contributed by atoms with Gasteiger partial charge in [-0.15, -0.1) is 0 Å². The number of hydrogen-bond acceptors (Lipinski definition) is 0. The van der Waals surface area contributed by atoms with E-state index in [0.717, 1.165) is 4.47 Å². The molecule has 0 amide bonds. The van der Waals surface area contributed by atoms with E-state index in [1.165, 1.54) is 20.1 Å². The van der Waals surface area contributed by atoms with Gasteiger partial charge in [-0.1, -0.05) is 0 Å². The Morgan fingerprint density at radius 3 is 2.25 bits per heavy atom. The third kappa shape index (κ3) is 2.97. The molecular weight excluding hydrogens is 327 g/mol. The molecule has 2 aromatic carbocycles. The summed E-state index contributed by atoms with van der Waals surface area (Å²) < 4.78 is 4.04. The van der Waals surface area contributed by atoms with E-state index in [2.05, 4.69) is 72.2 Å². The van der Waals surface area contributed by atoms with Gasteiger partial charge in [-0.25, -0.2) is 0 Å². The molecule has 2 heteroatoms. The van der Waals surface area contributed by atoms with Gasteiger partial charge in [0.15, 0.2) is 0 Å². The van der Waals surface area contributed by atoms with Crippen LogP contribution in [-0.2, 0) is 0 Å². The topological polar surface area (TPSA) is 0 Å². The Balaban J connectivity index is 2.23. The first-order valence-corrected chi connectivity index (χ1v) is 7.66. The molecule has 0 aliphatic rings. The zero-order chi connectivity index (χ0) is 11.5. The van der Waals surface area contributed by atoms with Crippen molar-refractivity contribution >= 4 is 39.8 Å². The number of halogens is 1. The molecule has 0 unspecified atom stereocenters. The molecule has 0 nitrogen and oxygen atoms in total. The van der Waals surface area contributed by atoms with Crippen molar-refractivity contribution < 1.29 is 0 Å². The Kier molecular flexibility index (Phi) is 3.86. The first kappa shape index (κ1) is 11.9. The molecule has 0 spiro atoms. The molecule has 0 atom stereocenters. The van der Waals surface area contributed by atoms with Crippen LogP contribution in [0.5, 0.6) is 0 Å². The number of hydrogen-bond donors (Lipinski definition) is 0. The van der Waals surface area contributed by atoms with Gasteiger partial charge in [-0.05, 0) is 0 Å². The summed E-state index contributed by atoms with van der Waals surface area (Å²) in [6.45, 7) is 4.34. The van der Waals surface area contributed by atoms with Crippen molar-refractivity contribution in [3.8, 4) is 0 Å². The molecule has 0 N–H and O–H groups in total. The van der Waals surface area contributed by atoms with E-state index in [1.54, 1.807) is 0 Å². The van der Waals surface area contributed by atoms with Gasteiger partial charge in [-0.2, -0.15) is 0 Å². The average Bonchev–Trinajstić information content (AvgIpc) is 2.25. The number of aryl methyl sites for hydroxylation is 2. The van der Waals surface area contributed by atoms with Crippen LogP contribution in [0.15, 0.2) is 46.9 Å². The zero-order valence-electron chi connectivity index (χ0n) is 9.33. The Labute approximate surface area is 111 Å². The van der Waals surface area contributed by atoms with Crippen molar-refractivity contribution in [2.75, 3.05) is 0 Å². The summed E-state index contributed by atoms with van der Waals surface area (Å²) in [6, 6.07) is 15.3. The van der Waals surface area contributed by atoms with Gasteiger partial charge < -0.3 is 0 Å². The Morgan fingerprint density at radius 1 is 0.938 bits per heavy atom. The van der Waals surface area contributed by atoms with Gasteiger partial charge in [0.25, 0.3) is 0 Å². The van der Waals surface area contributed by atoms with Crippen LogP contribution in [0.4, 0.5) is 0 Å². The van der Waals surface area contributed by atoms with Gasteiger partial charge in [0.05, 0.1) is 0 Å². The fraction of sp³-hybridized carbons (Fsp3) is 0.143. The van der Waals surface area contributed by atoms with Crippen molar-refractivity contribution in [2.45, 2.75) is 13.8 Å². The van der Waals surface area contributed by atoms with Crippen LogP contribution in [0, 0.1) is 13.8 Å². The molecule has 2 aromatic rings. The van der Waals surface area contributed by atoms with Crippen molar-refractivity contribution in [3.05, 3.63) is 58.1 Å². The zero-order valence-corrected chi connectivity index (χ0v) is 12.6. The first-order chi connectivity index (χ1) is 7.65. The summed E-state index contributed by atoms with van der Waals surface area (Å²) in [5.74, 6) is 0. The molecule has 0 saturated heterocycles. The van der Waals surface area contributed by atoms with Crippen LogP contribution in [-0.4, -0.2) is 15.0 Å². The van der Waals surface area contributed by atoms with Crippen LogP contribution in [0.25, 0.3) is 0 Å². The summed E-state index contributed by atoms with van der Waals surface area (Å²) >= 11 is 3.88. The van der Waals surface area contributed by atoms with Crippen LogP contribution in [0.3, 0.4) is 0 Å². The van der Waals surface area contributed by atoms with Crippen LogP contribution in [0.2, 0.25) is 0 Å². The molecule has 0 radical (unpaired) electrons.